The maximum atomic E-state index is 10.3. The summed E-state index contributed by atoms with van der Waals surface area (Å²) in [7, 11) is 3.81. The van der Waals surface area contributed by atoms with Gasteiger partial charge in [0, 0.05) is 26.8 Å². The van der Waals surface area contributed by atoms with E-state index in [0.717, 1.165) is 31.7 Å². The first-order valence-electron chi connectivity index (χ1n) is 6.55. The van der Waals surface area contributed by atoms with Crippen molar-refractivity contribution in [3.63, 3.8) is 0 Å². The molecule has 2 unspecified atom stereocenters. The van der Waals surface area contributed by atoms with Gasteiger partial charge in [-0.15, -0.1) is 0 Å². The molecule has 102 valence electrons. The van der Waals surface area contributed by atoms with E-state index in [4.69, 9.17) is 4.74 Å². The molecule has 1 aromatic carbocycles. The molecule has 3 heteroatoms. The molecule has 0 fully saturated rings. The summed E-state index contributed by atoms with van der Waals surface area (Å²) in [5.41, 5.74) is 0.996. The van der Waals surface area contributed by atoms with Crippen molar-refractivity contribution in [1.29, 1.82) is 0 Å². The topological polar surface area (TPSA) is 32.7 Å². The van der Waals surface area contributed by atoms with Crippen molar-refractivity contribution < 1.29 is 9.84 Å². The van der Waals surface area contributed by atoms with Gasteiger partial charge in [0.15, 0.2) is 0 Å². The van der Waals surface area contributed by atoms with Crippen LogP contribution in [0.15, 0.2) is 30.3 Å². The number of methoxy groups -OCH3 is 1. The second-order valence-electron chi connectivity index (χ2n) is 4.94. The van der Waals surface area contributed by atoms with E-state index in [0.29, 0.717) is 0 Å². The lowest BCUT2D eigenvalue weighted by Crippen LogP contribution is -2.29. The molecule has 0 saturated carbocycles. The minimum Gasteiger partial charge on any atom is -0.388 e. The summed E-state index contributed by atoms with van der Waals surface area (Å²) in [5, 5.41) is 10.3. The van der Waals surface area contributed by atoms with Crippen molar-refractivity contribution in [3.8, 4) is 0 Å². The lowest BCUT2D eigenvalue weighted by atomic mass is 9.97. The van der Waals surface area contributed by atoms with Crippen molar-refractivity contribution in [1.82, 2.24) is 4.90 Å². The lowest BCUT2D eigenvalue weighted by molar-refractivity contribution is 0.0917. The third-order valence-electron chi connectivity index (χ3n) is 3.17. The molecule has 2 atom stereocenters. The van der Waals surface area contributed by atoms with Crippen LogP contribution in [0.1, 0.15) is 25.0 Å². The summed E-state index contributed by atoms with van der Waals surface area (Å²) in [6, 6.07) is 9.86. The largest absolute Gasteiger partial charge is 0.388 e. The van der Waals surface area contributed by atoms with Crippen molar-refractivity contribution in [2.75, 3.05) is 33.9 Å². The van der Waals surface area contributed by atoms with Crippen LogP contribution in [0.5, 0.6) is 0 Å². The van der Waals surface area contributed by atoms with Crippen molar-refractivity contribution >= 4 is 0 Å². The van der Waals surface area contributed by atoms with Crippen LogP contribution >= 0.6 is 0 Å². The quantitative estimate of drug-likeness (QED) is 0.720. The first kappa shape index (κ1) is 15.2. The van der Waals surface area contributed by atoms with Gasteiger partial charge < -0.3 is 14.7 Å². The van der Waals surface area contributed by atoms with Gasteiger partial charge in [-0.1, -0.05) is 37.3 Å². The maximum absolute atomic E-state index is 10.3. The average Bonchev–Trinajstić information content (AvgIpc) is 2.39. The Kier molecular flexibility index (Phi) is 6.94. The predicted octanol–water partition coefficient (Wildman–Crippen LogP) is 2.32. The molecule has 0 bridgehead atoms. The molecule has 0 aliphatic heterocycles. The lowest BCUT2D eigenvalue weighted by Gasteiger charge is -2.25. The van der Waals surface area contributed by atoms with Crippen LogP contribution in [0.3, 0.4) is 0 Å². The summed E-state index contributed by atoms with van der Waals surface area (Å²) in [6.45, 7) is 4.77. The Labute approximate surface area is 110 Å². The summed E-state index contributed by atoms with van der Waals surface area (Å²) in [4.78, 5) is 2.25. The summed E-state index contributed by atoms with van der Waals surface area (Å²) < 4.78 is 5.04. The van der Waals surface area contributed by atoms with E-state index < -0.39 is 6.10 Å². The van der Waals surface area contributed by atoms with Crippen LogP contribution in [0.25, 0.3) is 0 Å². The Balaban J connectivity index is 2.37. The first-order valence-corrected chi connectivity index (χ1v) is 6.55. The highest BCUT2D eigenvalue weighted by molar-refractivity contribution is 5.17. The van der Waals surface area contributed by atoms with Crippen LogP contribution in [0, 0.1) is 5.92 Å². The van der Waals surface area contributed by atoms with Gasteiger partial charge in [-0.05, 0) is 24.9 Å². The second-order valence-corrected chi connectivity index (χ2v) is 4.94. The van der Waals surface area contributed by atoms with E-state index >= 15 is 0 Å². The summed E-state index contributed by atoms with van der Waals surface area (Å²) >= 11 is 0. The zero-order valence-corrected chi connectivity index (χ0v) is 11.7. The molecule has 0 spiro atoms. The fourth-order valence-electron chi connectivity index (χ4n) is 2.14. The Morgan fingerprint density at radius 1 is 1.28 bits per heavy atom. The van der Waals surface area contributed by atoms with Crippen LogP contribution in [-0.4, -0.2) is 43.9 Å². The minimum atomic E-state index is -0.393. The normalized spacial score (nSPS) is 14.7. The van der Waals surface area contributed by atoms with E-state index in [1.807, 2.05) is 30.3 Å². The standard InChI is InChI=1S/C15H25NO2/c1-13(12-16(2)10-7-11-18-3)15(17)14-8-5-4-6-9-14/h4-6,8-9,13,15,17H,7,10-12H2,1-3H3. The number of aliphatic hydroxyl groups excluding tert-OH is 1. The molecule has 1 N–H and O–H groups in total. The Morgan fingerprint density at radius 3 is 2.56 bits per heavy atom. The number of nitrogens with zero attached hydrogens (tertiary/aromatic N) is 1. The van der Waals surface area contributed by atoms with Gasteiger partial charge in [0.25, 0.3) is 0 Å². The fraction of sp³-hybridized carbons (Fsp3) is 0.600. The summed E-state index contributed by atoms with van der Waals surface area (Å²) in [5.74, 6) is 0.222. The number of aliphatic hydroxyl groups is 1. The monoisotopic (exact) mass is 251 g/mol. The zero-order chi connectivity index (χ0) is 13.4. The molecule has 18 heavy (non-hydrogen) atoms. The van der Waals surface area contributed by atoms with Gasteiger partial charge in [0.1, 0.15) is 0 Å². The molecule has 0 amide bonds. The van der Waals surface area contributed by atoms with Crippen LogP contribution < -0.4 is 0 Å². The van der Waals surface area contributed by atoms with Crippen LogP contribution in [0.2, 0.25) is 0 Å². The van der Waals surface area contributed by atoms with E-state index in [1.165, 1.54) is 0 Å². The number of benzene rings is 1. The number of hydrogen-bond acceptors (Lipinski definition) is 3. The molecule has 1 aromatic rings. The SMILES string of the molecule is COCCCN(C)CC(C)C(O)c1ccccc1. The number of ether oxygens (including phenoxy) is 1. The van der Waals surface area contributed by atoms with Gasteiger partial charge in [-0.25, -0.2) is 0 Å². The minimum absolute atomic E-state index is 0.222. The highest BCUT2D eigenvalue weighted by Crippen LogP contribution is 2.21. The molecule has 0 aromatic heterocycles. The molecule has 0 radical (unpaired) electrons. The van der Waals surface area contributed by atoms with Gasteiger partial charge >= 0.3 is 0 Å². The maximum Gasteiger partial charge on any atom is 0.0827 e. The van der Waals surface area contributed by atoms with Crippen molar-refractivity contribution in [2.24, 2.45) is 5.92 Å². The molecule has 3 nitrogen and oxygen atoms in total. The Hall–Kier alpha value is -0.900. The van der Waals surface area contributed by atoms with Gasteiger partial charge in [0.05, 0.1) is 6.10 Å². The molecule has 0 aliphatic rings. The Bertz CT molecular complexity index is 316. The number of rotatable bonds is 8. The van der Waals surface area contributed by atoms with Crippen molar-refractivity contribution in [3.05, 3.63) is 35.9 Å². The number of hydrogen-bond donors (Lipinski definition) is 1. The molecule has 0 heterocycles. The van der Waals surface area contributed by atoms with Crippen LogP contribution in [-0.2, 0) is 4.74 Å². The van der Waals surface area contributed by atoms with Gasteiger partial charge in [-0.2, -0.15) is 0 Å². The molecular formula is C15H25NO2. The highest BCUT2D eigenvalue weighted by Gasteiger charge is 2.17. The molecule has 0 saturated heterocycles. The third kappa shape index (κ3) is 5.17. The first-order chi connectivity index (χ1) is 8.65. The Morgan fingerprint density at radius 2 is 1.94 bits per heavy atom. The third-order valence-corrected chi connectivity index (χ3v) is 3.17. The molecular weight excluding hydrogens is 226 g/mol. The van der Waals surface area contributed by atoms with Crippen LogP contribution in [0.4, 0.5) is 0 Å². The zero-order valence-electron chi connectivity index (χ0n) is 11.7. The smallest absolute Gasteiger partial charge is 0.0827 e. The van der Waals surface area contributed by atoms with E-state index in [-0.39, 0.29) is 5.92 Å². The summed E-state index contributed by atoms with van der Waals surface area (Å²) in [6.07, 6.45) is 0.636. The van der Waals surface area contributed by atoms with E-state index in [2.05, 4.69) is 18.9 Å². The van der Waals surface area contributed by atoms with E-state index in [1.54, 1.807) is 7.11 Å². The van der Waals surface area contributed by atoms with E-state index in [9.17, 15) is 5.11 Å². The predicted molar refractivity (Wildman–Crippen MR) is 74.6 cm³/mol. The average molecular weight is 251 g/mol. The fourth-order valence-corrected chi connectivity index (χ4v) is 2.14. The second kappa shape index (κ2) is 8.25. The van der Waals surface area contributed by atoms with Gasteiger partial charge in [-0.3, -0.25) is 0 Å². The van der Waals surface area contributed by atoms with Crippen molar-refractivity contribution in [2.45, 2.75) is 19.4 Å². The highest BCUT2D eigenvalue weighted by atomic mass is 16.5. The molecule has 0 aliphatic carbocycles. The van der Waals surface area contributed by atoms with Gasteiger partial charge in [0.2, 0.25) is 0 Å². The molecule has 1 rings (SSSR count).